The number of carbonyl (C=O) groups excluding carboxylic acids is 2. The van der Waals surface area contributed by atoms with Crippen LogP contribution in [-0.4, -0.2) is 53.5 Å². The van der Waals surface area contributed by atoms with Gasteiger partial charge in [-0.05, 0) is 31.6 Å². The Kier molecular flexibility index (Phi) is 6.04. The van der Waals surface area contributed by atoms with Crippen molar-refractivity contribution in [3.8, 4) is 0 Å². The molecule has 1 saturated carbocycles. The Hall–Kier alpha value is -1.69. The quantitative estimate of drug-likeness (QED) is 0.748. The number of carboxylic acid groups (broad SMARTS) is 1. The van der Waals surface area contributed by atoms with E-state index in [1.54, 1.807) is 12.0 Å². The average molecular weight is 377 g/mol. The van der Waals surface area contributed by atoms with Gasteiger partial charge < -0.3 is 14.7 Å². The van der Waals surface area contributed by atoms with Crippen molar-refractivity contribution in [2.45, 2.75) is 70.4 Å². The highest BCUT2D eigenvalue weighted by molar-refractivity contribution is 5.94. The van der Waals surface area contributed by atoms with Crippen LogP contribution >= 0.6 is 0 Å². The molecule has 5 atom stereocenters. The monoisotopic (exact) mass is 377 g/mol. The topological polar surface area (TPSA) is 83.9 Å². The fourth-order valence-corrected chi connectivity index (χ4v) is 4.61. The van der Waals surface area contributed by atoms with Crippen LogP contribution in [0.15, 0.2) is 12.2 Å². The van der Waals surface area contributed by atoms with Crippen molar-refractivity contribution in [3.63, 3.8) is 0 Å². The number of aliphatic carboxylic acids is 1. The summed E-state index contributed by atoms with van der Waals surface area (Å²) in [5.74, 6) is -1.24. The lowest BCUT2D eigenvalue weighted by Gasteiger charge is -2.27. The number of amides is 1. The summed E-state index contributed by atoms with van der Waals surface area (Å²) in [6, 6.07) is -0.559. The Bertz CT molecular complexity index is 630. The number of rotatable bonds is 2. The second kappa shape index (κ2) is 8.13. The van der Waals surface area contributed by atoms with Crippen molar-refractivity contribution in [2.75, 3.05) is 13.7 Å². The molecule has 2 heterocycles. The lowest BCUT2D eigenvalue weighted by Crippen LogP contribution is -2.44. The normalized spacial score (nSPS) is 39.1. The molecule has 6 nitrogen and oxygen atoms in total. The smallest absolute Gasteiger partial charge is 0.310 e. The summed E-state index contributed by atoms with van der Waals surface area (Å²) in [5.41, 5.74) is -0.987. The molecule has 1 aliphatic carbocycles. The van der Waals surface area contributed by atoms with E-state index >= 15 is 0 Å². The summed E-state index contributed by atoms with van der Waals surface area (Å²) >= 11 is 0. The summed E-state index contributed by atoms with van der Waals surface area (Å²) in [4.78, 5) is 39.6. The third-order valence-corrected chi connectivity index (χ3v) is 6.60. The first kappa shape index (κ1) is 20.1. The molecule has 2 aliphatic heterocycles. The van der Waals surface area contributed by atoms with Crippen LogP contribution < -0.4 is 0 Å². The maximum Gasteiger partial charge on any atom is 0.310 e. The predicted molar refractivity (Wildman–Crippen MR) is 100 cm³/mol. The van der Waals surface area contributed by atoms with E-state index in [0.717, 1.165) is 32.1 Å². The lowest BCUT2D eigenvalue weighted by atomic mass is 9.91. The molecule has 1 saturated heterocycles. The van der Waals surface area contributed by atoms with Gasteiger partial charge in [0.05, 0.1) is 17.6 Å². The van der Waals surface area contributed by atoms with Gasteiger partial charge in [-0.25, -0.2) is 0 Å². The minimum Gasteiger partial charge on any atom is -0.481 e. The maximum atomic E-state index is 13.1. The number of carboxylic acids is 1. The number of hydrogen-bond acceptors (Lipinski definition) is 4. The first-order valence-electron chi connectivity index (χ1n) is 10.1. The highest BCUT2D eigenvalue weighted by Crippen LogP contribution is 2.57. The Morgan fingerprint density at radius 1 is 1.30 bits per heavy atom. The first-order valence-corrected chi connectivity index (χ1v) is 10.1. The van der Waals surface area contributed by atoms with Crippen LogP contribution in [0.3, 0.4) is 0 Å². The SMILES string of the molecule is CO[C@@H]1C[C@H]2C(=O)C[C@]3(C(=O)O)C[C@H]3/C=C\CCCCC[C@H](C)C(=O)N2C1. The van der Waals surface area contributed by atoms with Crippen LogP contribution in [0.2, 0.25) is 0 Å². The van der Waals surface area contributed by atoms with E-state index in [9.17, 15) is 19.5 Å². The molecular formula is C21H31NO5. The largest absolute Gasteiger partial charge is 0.481 e. The van der Waals surface area contributed by atoms with Gasteiger partial charge in [-0.2, -0.15) is 0 Å². The number of ether oxygens (including phenoxy) is 1. The Labute approximate surface area is 160 Å². The van der Waals surface area contributed by atoms with Gasteiger partial charge in [-0.15, -0.1) is 0 Å². The first-order chi connectivity index (χ1) is 12.9. The van der Waals surface area contributed by atoms with E-state index in [1.165, 1.54) is 0 Å². The number of ketones is 1. The molecule has 1 N–H and O–H groups in total. The van der Waals surface area contributed by atoms with Crippen LogP contribution in [0.5, 0.6) is 0 Å². The zero-order valence-electron chi connectivity index (χ0n) is 16.4. The molecule has 27 heavy (non-hydrogen) atoms. The molecule has 0 spiro atoms. The fraction of sp³-hybridized carbons (Fsp3) is 0.762. The predicted octanol–water partition coefficient (Wildman–Crippen LogP) is 2.81. The zero-order valence-corrected chi connectivity index (χ0v) is 16.4. The molecule has 6 heteroatoms. The van der Waals surface area contributed by atoms with Gasteiger partial charge in [-0.1, -0.05) is 31.9 Å². The van der Waals surface area contributed by atoms with E-state index in [-0.39, 0.29) is 36.1 Å². The molecule has 0 aromatic carbocycles. The third-order valence-electron chi connectivity index (χ3n) is 6.60. The summed E-state index contributed by atoms with van der Waals surface area (Å²) in [7, 11) is 1.59. The number of allylic oxidation sites excluding steroid dienone is 2. The number of Topliss-reactive ketones (excluding diaryl/α,β-unsaturated/α-hetero) is 1. The molecule has 0 aromatic rings. The van der Waals surface area contributed by atoms with Crippen LogP contribution in [-0.2, 0) is 19.1 Å². The Morgan fingerprint density at radius 3 is 2.78 bits per heavy atom. The molecule has 1 amide bonds. The summed E-state index contributed by atoms with van der Waals surface area (Å²) < 4.78 is 5.42. The molecule has 0 unspecified atom stereocenters. The van der Waals surface area contributed by atoms with Crippen molar-refractivity contribution < 1.29 is 24.2 Å². The van der Waals surface area contributed by atoms with Crippen molar-refractivity contribution in [3.05, 3.63) is 12.2 Å². The van der Waals surface area contributed by atoms with Crippen molar-refractivity contribution in [1.82, 2.24) is 4.90 Å². The second-order valence-electron chi connectivity index (χ2n) is 8.48. The van der Waals surface area contributed by atoms with E-state index < -0.39 is 17.4 Å². The highest BCUT2D eigenvalue weighted by atomic mass is 16.5. The summed E-state index contributed by atoms with van der Waals surface area (Å²) in [5, 5.41) is 9.75. The minimum absolute atomic E-state index is 0.00220. The summed E-state index contributed by atoms with van der Waals surface area (Å²) in [6.07, 6.45) is 9.69. The fourth-order valence-electron chi connectivity index (χ4n) is 4.61. The molecule has 150 valence electrons. The van der Waals surface area contributed by atoms with Gasteiger partial charge in [0, 0.05) is 32.4 Å². The minimum atomic E-state index is -0.987. The van der Waals surface area contributed by atoms with E-state index in [0.29, 0.717) is 19.4 Å². The molecule has 3 aliphatic rings. The average Bonchev–Trinajstić information content (AvgIpc) is 3.16. The van der Waals surface area contributed by atoms with Crippen LogP contribution in [0, 0.1) is 17.3 Å². The van der Waals surface area contributed by atoms with Gasteiger partial charge >= 0.3 is 5.97 Å². The summed E-state index contributed by atoms with van der Waals surface area (Å²) in [6.45, 7) is 2.34. The van der Waals surface area contributed by atoms with E-state index in [2.05, 4.69) is 6.08 Å². The van der Waals surface area contributed by atoms with Gasteiger partial charge in [0.2, 0.25) is 5.91 Å². The van der Waals surface area contributed by atoms with Crippen LogP contribution in [0.4, 0.5) is 0 Å². The van der Waals surface area contributed by atoms with Gasteiger partial charge in [0.25, 0.3) is 0 Å². The van der Waals surface area contributed by atoms with Crippen LogP contribution in [0.25, 0.3) is 0 Å². The van der Waals surface area contributed by atoms with Gasteiger partial charge in [0.15, 0.2) is 5.78 Å². The third kappa shape index (κ3) is 4.10. The van der Waals surface area contributed by atoms with Gasteiger partial charge in [0.1, 0.15) is 0 Å². The standard InChI is InChI=1S/C21H31NO5/c1-14-8-6-4-3-5-7-9-15-11-21(15,20(25)26)12-18(23)17-10-16(27-2)13-22(17)19(14)24/h7,9,14-17H,3-6,8,10-13H2,1-2H3,(H,25,26)/b9-7-/t14-,15+,16+,17-,21+/m0/s1. The number of methoxy groups -OCH3 is 1. The maximum absolute atomic E-state index is 13.1. The van der Waals surface area contributed by atoms with Crippen molar-refractivity contribution >= 4 is 17.7 Å². The number of hydrogen-bond donors (Lipinski definition) is 1. The molecule has 0 bridgehead atoms. The molecule has 2 fully saturated rings. The van der Waals surface area contributed by atoms with Gasteiger partial charge in [-0.3, -0.25) is 14.4 Å². The molecule has 3 rings (SSSR count). The molecular weight excluding hydrogens is 346 g/mol. The number of fused-ring (bicyclic) bond motifs is 2. The lowest BCUT2D eigenvalue weighted by molar-refractivity contribution is -0.147. The van der Waals surface area contributed by atoms with E-state index in [1.807, 2.05) is 13.0 Å². The van der Waals surface area contributed by atoms with Crippen molar-refractivity contribution in [1.29, 1.82) is 0 Å². The van der Waals surface area contributed by atoms with E-state index in [4.69, 9.17) is 4.74 Å². The molecule has 0 aromatic heterocycles. The second-order valence-corrected chi connectivity index (χ2v) is 8.48. The number of nitrogens with zero attached hydrogens (tertiary/aromatic N) is 1. The Morgan fingerprint density at radius 2 is 2.07 bits per heavy atom. The zero-order chi connectivity index (χ0) is 19.6. The van der Waals surface area contributed by atoms with Crippen LogP contribution in [0.1, 0.15) is 58.3 Å². The number of carbonyl (C=O) groups is 3. The highest BCUT2D eigenvalue weighted by Gasteiger charge is 2.60. The van der Waals surface area contributed by atoms with Crippen molar-refractivity contribution in [2.24, 2.45) is 17.3 Å². The Balaban J connectivity index is 1.84. The molecule has 0 radical (unpaired) electrons.